The highest BCUT2D eigenvalue weighted by atomic mass is 35.5. The minimum atomic E-state index is 0.523. The van der Waals surface area contributed by atoms with Crippen LogP contribution >= 0.6 is 11.6 Å². The van der Waals surface area contributed by atoms with Gasteiger partial charge < -0.3 is 20.1 Å². The lowest BCUT2D eigenvalue weighted by atomic mass is 10.2. The van der Waals surface area contributed by atoms with Crippen molar-refractivity contribution in [1.29, 1.82) is 0 Å². The number of ether oxygens (including phenoxy) is 2. The second-order valence-electron chi connectivity index (χ2n) is 5.33. The summed E-state index contributed by atoms with van der Waals surface area (Å²) in [5, 5.41) is 11.2. The van der Waals surface area contributed by atoms with Crippen molar-refractivity contribution < 1.29 is 9.47 Å². The van der Waals surface area contributed by atoms with Gasteiger partial charge in [0.05, 0.1) is 17.3 Å². The van der Waals surface area contributed by atoms with E-state index in [-0.39, 0.29) is 0 Å². The average molecular weight is 350 g/mol. The molecule has 3 rings (SSSR count). The number of halogens is 1. The van der Waals surface area contributed by atoms with Crippen LogP contribution in [0.3, 0.4) is 0 Å². The summed E-state index contributed by atoms with van der Waals surface area (Å²) >= 11 is 6.25. The maximum atomic E-state index is 6.25. The van der Waals surface area contributed by atoms with Gasteiger partial charge in [-0.15, -0.1) is 0 Å². The molecule has 0 aliphatic carbocycles. The minimum Gasteiger partial charge on any atom is -0.486 e. The summed E-state index contributed by atoms with van der Waals surface area (Å²) < 4.78 is 12.9. The van der Waals surface area contributed by atoms with Crippen molar-refractivity contribution >= 4 is 17.6 Å². The second kappa shape index (κ2) is 7.44. The van der Waals surface area contributed by atoms with E-state index in [1.165, 1.54) is 0 Å². The van der Waals surface area contributed by atoms with E-state index in [1.807, 2.05) is 29.9 Å². The predicted molar refractivity (Wildman–Crippen MR) is 92.7 cm³/mol. The second-order valence-corrected chi connectivity index (χ2v) is 5.73. The fourth-order valence-corrected chi connectivity index (χ4v) is 2.71. The monoisotopic (exact) mass is 349 g/mol. The van der Waals surface area contributed by atoms with Gasteiger partial charge in [0.1, 0.15) is 13.2 Å². The van der Waals surface area contributed by atoms with E-state index in [1.54, 1.807) is 13.2 Å². The zero-order valence-electron chi connectivity index (χ0n) is 13.7. The third-order valence-electron chi connectivity index (χ3n) is 3.70. The number of nitrogens with zero attached hydrogens (tertiary/aromatic N) is 3. The van der Waals surface area contributed by atoms with E-state index in [0.29, 0.717) is 48.8 Å². The van der Waals surface area contributed by atoms with Crippen molar-refractivity contribution in [2.75, 3.05) is 20.3 Å². The number of benzene rings is 1. The molecule has 0 radical (unpaired) electrons. The van der Waals surface area contributed by atoms with Gasteiger partial charge in [0.15, 0.2) is 17.5 Å². The lowest BCUT2D eigenvalue weighted by Crippen LogP contribution is -2.36. The number of guanidine groups is 1. The van der Waals surface area contributed by atoms with E-state index in [4.69, 9.17) is 21.1 Å². The van der Waals surface area contributed by atoms with Gasteiger partial charge in [-0.05, 0) is 23.8 Å². The van der Waals surface area contributed by atoms with Crippen LogP contribution in [-0.2, 0) is 20.1 Å². The Morgan fingerprint density at radius 3 is 2.83 bits per heavy atom. The number of hydrogen-bond acceptors (Lipinski definition) is 4. The molecule has 0 spiro atoms. The normalized spacial score (nSPS) is 13.7. The van der Waals surface area contributed by atoms with Gasteiger partial charge in [-0.25, -0.2) is 0 Å². The molecule has 1 aliphatic rings. The standard InChI is InChI=1S/C16H20ClN5O2/c1-18-16(20-10-12-3-4-21-22(12)2)19-9-11-7-13(17)15-14(8-11)23-5-6-24-15/h3-4,7-8H,5-6,9-10H2,1-2H3,(H2,18,19,20). The van der Waals surface area contributed by atoms with Crippen molar-refractivity contribution in [3.05, 3.63) is 40.7 Å². The highest BCUT2D eigenvalue weighted by molar-refractivity contribution is 6.32. The fraction of sp³-hybridized carbons (Fsp3) is 0.375. The summed E-state index contributed by atoms with van der Waals surface area (Å²) in [7, 11) is 3.64. The van der Waals surface area contributed by atoms with Crippen molar-refractivity contribution in [3.8, 4) is 11.5 Å². The molecule has 2 aromatic rings. The minimum absolute atomic E-state index is 0.523. The SMILES string of the molecule is CN=C(NCc1cc(Cl)c2c(c1)OCCO2)NCc1ccnn1C. The Bertz CT molecular complexity index is 744. The van der Waals surface area contributed by atoms with E-state index < -0.39 is 0 Å². The molecular weight excluding hydrogens is 330 g/mol. The van der Waals surface area contributed by atoms with E-state index >= 15 is 0 Å². The molecule has 1 aliphatic heterocycles. The molecule has 24 heavy (non-hydrogen) atoms. The Kier molecular flexibility index (Phi) is 5.10. The maximum Gasteiger partial charge on any atom is 0.191 e. The number of nitrogens with one attached hydrogen (secondary N) is 2. The van der Waals surface area contributed by atoms with Crippen molar-refractivity contribution in [2.24, 2.45) is 12.0 Å². The fourth-order valence-electron chi connectivity index (χ4n) is 2.42. The molecule has 0 saturated carbocycles. The third kappa shape index (κ3) is 3.73. The van der Waals surface area contributed by atoms with Crippen LogP contribution in [0.5, 0.6) is 11.5 Å². The molecule has 1 aromatic heterocycles. The Morgan fingerprint density at radius 1 is 1.29 bits per heavy atom. The highest BCUT2D eigenvalue weighted by Crippen LogP contribution is 2.38. The largest absolute Gasteiger partial charge is 0.486 e. The number of fused-ring (bicyclic) bond motifs is 1. The maximum absolute atomic E-state index is 6.25. The van der Waals surface area contributed by atoms with Crippen LogP contribution in [0.1, 0.15) is 11.3 Å². The Labute approximate surface area is 145 Å². The molecule has 7 nitrogen and oxygen atoms in total. The summed E-state index contributed by atoms with van der Waals surface area (Å²) in [6.45, 7) is 2.27. The molecule has 8 heteroatoms. The Hall–Kier alpha value is -2.41. The van der Waals surface area contributed by atoms with E-state index in [0.717, 1.165) is 11.3 Å². The van der Waals surface area contributed by atoms with Crippen LogP contribution < -0.4 is 20.1 Å². The van der Waals surface area contributed by atoms with Gasteiger partial charge in [-0.3, -0.25) is 9.67 Å². The van der Waals surface area contributed by atoms with Crippen LogP contribution in [0, 0.1) is 0 Å². The van der Waals surface area contributed by atoms with Crippen LogP contribution in [0.2, 0.25) is 5.02 Å². The van der Waals surface area contributed by atoms with Gasteiger partial charge in [0.25, 0.3) is 0 Å². The topological polar surface area (TPSA) is 72.7 Å². The first-order valence-corrected chi connectivity index (χ1v) is 8.04. The summed E-state index contributed by atoms with van der Waals surface area (Å²) in [5.41, 5.74) is 2.06. The van der Waals surface area contributed by atoms with Gasteiger partial charge in [0, 0.05) is 26.8 Å². The van der Waals surface area contributed by atoms with Crippen molar-refractivity contribution in [2.45, 2.75) is 13.1 Å². The summed E-state index contributed by atoms with van der Waals surface area (Å²) in [6.07, 6.45) is 1.77. The quantitative estimate of drug-likeness (QED) is 0.649. The molecule has 0 unspecified atom stereocenters. The molecule has 2 heterocycles. The highest BCUT2D eigenvalue weighted by Gasteiger charge is 2.16. The Balaban J connectivity index is 1.59. The molecule has 0 bridgehead atoms. The van der Waals surface area contributed by atoms with Crippen LogP contribution in [0.15, 0.2) is 29.4 Å². The molecule has 2 N–H and O–H groups in total. The summed E-state index contributed by atoms with van der Waals surface area (Å²) in [4.78, 5) is 4.22. The Morgan fingerprint density at radius 2 is 2.08 bits per heavy atom. The first kappa shape index (κ1) is 16.4. The van der Waals surface area contributed by atoms with Gasteiger partial charge >= 0.3 is 0 Å². The predicted octanol–water partition coefficient (Wildman–Crippen LogP) is 1.71. The smallest absolute Gasteiger partial charge is 0.191 e. The summed E-state index contributed by atoms with van der Waals surface area (Å²) in [5.74, 6) is 2.00. The average Bonchev–Trinajstić information content (AvgIpc) is 3.00. The zero-order chi connectivity index (χ0) is 16.9. The molecule has 0 saturated heterocycles. The number of hydrogen-bond donors (Lipinski definition) is 2. The van der Waals surface area contributed by atoms with Crippen molar-refractivity contribution in [1.82, 2.24) is 20.4 Å². The summed E-state index contributed by atoms with van der Waals surface area (Å²) in [6, 6.07) is 5.76. The molecular formula is C16H20ClN5O2. The zero-order valence-corrected chi connectivity index (χ0v) is 14.4. The van der Waals surface area contributed by atoms with E-state index in [9.17, 15) is 0 Å². The molecule has 0 atom stereocenters. The molecule has 0 fully saturated rings. The lowest BCUT2D eigenvalue weighted by Gasteiger charge is -2.20. The van der Waals surface area contributed by atoms with Crippen LogP contribution in [0.4, 0.5) is 0 Å². The number of aromatic nitrogens is 2. The molecule has 0 amide bonds. The van der Waals surface area contributed by atoms with Gasteiger partial charge in [-0.2, -0.15) is 5.10 Å². The van der Waals surface area contributed by atoms with Crippen molar-refractivity contribution in [3.63, 3.8) is 0 Å². The van der Waals surface area contributed by atoms with Gasteiger partial charge in [-0.1, -0.05) is 11.6 Å². The van der Waals surface area contributed by atoms with E-state index in [2.05, 4.69) is 20.7 Å². The first-order valence-electron chi connectivity index (χ1n) is 7.67. The number of aryl methyl sites for hydroxylation is 1. The molecule has 128 valence electrons. The van der Waals surface area contributed by atoms with Gasteiger partial charge in [0.2, 0.25) is 0 Å². The molecule has 1 aromatic carbocycles. The lowest BCUT2D eigenvalue weighted by molar-refractivity contribution is 0.171. The van der Waals surface area contributed by atoms with Crippen LogP contribution in [-0.4, -0.2) is 36.0 Å². The first-order chi connectivity index (χ1) is 11.7. The number of rotatable bonds is 4. The third-order valence-corrected chi connectivity index (χ3v) is 3.98. The van der Waals surface area contributed by atoms with Crippen LogP contribution in [0.25, 0.3) is 0 Å². The number of aliphatic imine (C=N–C) groups is 1.